The van der Waals surface area contributed by atoms with E-state index < -0.39 is 0 Å². The van der Waals surface area contributed by atoms with Crippen molar-refractivity contribution in [3.05, 3.63) is 11.8 Å². The Bertz CT molecular complexity index is 378. The van der Waals surface area contributed by atoms with Crippen LogP contribution in [0.1, 0.15) is 25.3 Å². The molecule has 108 valence electrons. The van der Waals surface area contributed by atoms with Crippen molar-refractivity contribution in [1.82, 2.24) is 14.9 Å². The van der Waals surface area contributed by atoms with Crippen molar-refractivity contribution in [3.63, 3.8) is 0 Å². The molecular weight excluding hydrogens is 238 g/mol. The van der Waals surface area contributed by atoms with E-state index in [0.717, 1.165) is 49.8 Å². The van der Waals surface area contributed by atoms with Crippen molar-refractivity contribution >= 4 is 11.8 Å². The third-order valence-corrected chi connectivity index (χ3v) is 2.94. The van der Waals surface area contributed by atoms with Crippen LogP contribution in [0.4, 0.5) is 11.8 Å². The van der Waals surface area contributed by atoms with Crippen molar-refractivity contribution < 1.29 is 0 Å². The van der Waals surface area contributed by atoms with Gasteiger partial charge in [0.05, 0.1) is 0 Å². The average molecular weight is 265 g/mol. The topological polar surface area (TPSA) is 44.3 Å². The van der Waals surface area contributed by atoms with Gasteiger partial charge in [0.2, 0.25) is 5.95 Å². The molecule has 0 aliphatic rings. The van der Waals surface area contributed by atoms with Gasteiger partial charge in [-0.3, -0.25) is 0 Å². The lowest BCUT2D eigenvalue weighted by atomic mass is 10.3. The molecule has 0 radical (unpaired) electrons. The summed E-state index contributed by atoms with van der Waals surface area (Å²) >= 11 is 0. The monoisotopic (exact) mass is 265 g/mol. The summed E-state index contributed by atoms with van der Waals surface area (Å²) in [5.74, 6) is 1.74. The highest BCUT2D eigenvalue weighted by Crippen LogP contribution is 2.16. The Hall–Kier alpha value is -1.36. The lowest BCUT2D eigenvalue weighted by Crippen LogP contribution is -2.25. The smallest absolute Gasteiger partial charge is 0.224 e. The fourth-order valence-corrected chi connectivity index (χ4v) is 1.87. The first-order valence-electron chi connectivity index (χ1n) is 6.98. The molecule has 0 aliphatic carbocycles. The molecule has 19 heavy (non-hydrogen) atoms. The molecule has 0 fully saturated rings. The molecule has 0 unspecified atom stereocenters. The van der Waals surface area contributed by atoms with E-state index in [2.05, 4.69) is 60.1 Å². The van der Waals surface area contributed by atoms with Gasteiger partial charge < -0.3 is 15.1 Å². The first-order valence-corrected chi connectivity index (χ1v) is 6.98. The number of nitrogens with one attached hydrogen (secondary N) is 1. The van der Waals surface area contributed by atoms with Gasteiger partial charge >= 0.3 is 0 Å². The molecule has 0 aromatic carbocycles. The van der Waals surface area contributed by atoms with Crippen LogP contribution < -0.4 is 10.2 Å². The molecular formula is C14H27N5. The Balaban J connectivity index is 2.63. The van der Waals surface area contributed by atoms with Crippen LogP contribution in [0.3, 0.4) is 0 Å². The minimum Gasteiger partial charge on any atom is -0.359 e. The number of hydrogen-bond donors (Lipinski definition) is 1. The van der Waals surface area contributed by atoms with Gasteiger partial charge in [-0.25, -0.2) is 4.98 Å². The normalized spacial score (nSPS) is 10.8. The Morgan fingerprint density at radius 2 is 1.95 bits per heavy atom. The van der Waals surface area contributed by atoms with E-state index in [-0.39, 0.29) is 0 Å². The Labute approximate surface area is 117 Å². The minimum absolute atomic E-state index is 0.724. The molecule has 0 saturated heterocycles. The largest absolute Gasteiger partial charge is 0.359 e. The second-order valence-corrected chi connectivity index (χ2v) is 5.21. The van der Waals surface area contributed by atoms with Gasteiger partial charge in [0, 0.05) is 31.9 Å². The molecule has 0 atom stereocenters. The zero-order valence-corrected chi connectivity index (χ0v) is 12.9. The molecule has 1 N–H and O–H groups in total. The minimum atomic E-state index is 0.724. The maximum absolute atomic E-state index is 4.60. The van der Waals surface area contributed by atoms with Crippen LogP contribution in [-0.2, 0) is 0 Å². The predicted molar refractivity (Wildman–Crippen MR) is 82.0 cm³/mol. The summed E-state index contributed by atoms with van der Waals surface area (Å²) in [6.45, 7) is 7.20. The van der Waals surface area contributed by atoms with E-state index in [4.69, 9.17) is 0 Å². The number of nitrogens with zero attached hydrogens (tertiary/aromatic N) is 4. The maximum Gasteiger partial charge on any atom is 0.224 e. The summed E-state index contributed by atoms with van der Waals surface area (Å²) < 4.78 is 0. The molecule has 0 bridgehead atoms. The molecule has 0 amide bonds. The standard InChI is InChI=1S/C14H27N5/c1-6-8-15-14-16-11-12(2)13(17-14)19(5)10-7-9-18(3)4/h11H,6-10H2,1-5H3,(H,15,16,17). The van der Waals surface area contributed by atoms with Crippen molar-refractivity contribution in [3.8, 4) is 0 Å². The number of aryl methyl sites for hydroxylation is 1. The zero-order valence-electron chi connectivity index (χ0n) is 12.9. The number of aromatic nitrogens is 2. The number of anilines is 2. The van der Waals surface area contributed by atoms with Gasteiger partial charge in [0.1, 0.15) is 5.82 Å². The van der Waals surface area contributed by atoms with E-state index in [1.807, 2.05) is 6.20 Å². The molecule has 5 heteroatoms. The van der Waals surface area contributed by atoms with E-state index >= 15 is 0 Å². The highest BCUT2D eigenvalue weighted by Gasteiger charge is 2.08. The van der Waals surface area contributed by atoms with E-state index in [0.29, 0.717) is 0 Å². The van der Waals surface area contributed by atoms with Crippen LogP contribution in [0.15, 0.2) is 6.20 Å². The summed E-state index contributed by atoms with van der Waals surface area (Å²) in [6.07, 6.45) is 4.10. The van der Waals surface area contributed by atoms with Crippen LogP contribution >= 0.6 is 0 Å². The van der Waals surface area contributed by atoms with Crippen LogP contribution in [0.5, 0.6) is 0 Å². The Kier molecular flexibility index (Phi) is 6.56. The van der Waals surface area contributed by atoms with Crippen molar-refractivity contribution in [1.29, 1.82) is 0 Å². The van der Waals surface area contributed by atoms with Crippen molar-refractivity contribution in [2.75, 3.05) is 51.0 Å². The second-order valence-electron chi connectivity index (χ2n) is 5.21. The van der Waals surface area contributed by atoms with Crippen molar-refractivity contribution in [2.45, 2.75) is 26.7 Å². The quantitative estimate of drug-likeness (QED) is 0.779. The Morgan fingerprint density at radius 1 is 1.21 bits per heavy atom. The fourth-order valence-electron chi connectivity index (χ4n) is 1.87. The predicted octanol–water partition coefficient (Wildman–Crippen LogP) is 1.99. The van der Waals surface area contributed by atoms with Gasteiger partial charge in [-0.2, -0.15) is 4.98 Å². The highest BCUT2D eigenvalue weighted by atomic mass is 15.2. The molecule has 1 rings (SSSR count). The van der Waals surface area contributed by atoms with Gasteiger partial charge in [0.25, 0.3) is 0 Å². The van der Waals surface area contributed by atoms with E-state index in [9.17, 15) is 0 Å². The average Bonchev–Trinajstić information content (AvgIpc) is 2.37. The van der Waals surface area contributed by atoms with Gasteiger partial charge in [0.15, 0.2) is 0 Å². The lowest BCUT2D eigenvalue weighted by molar-refractivity contribution is 0.401. The third kappa shape index (κ3) is 5.42. The van der Waals surface area contributed by atoms with Gasteiger partial charge in [-0.05, 0) is 40.4 Å². The summed E-state index contributed by atoms with van der Waals surface area (Å²) in [5, 5.41) is 3.23. The Morgan fingerprint density at radius 3 is 2.58 bits per heavy atom. The second kappa shape index (κ2) is 7.94. The molecule has 0 aliphatic heterocycles. The fraction of sp³-hybridized carbons (Fsp3) is 0.714. The highest BCUT2D eigenvalue weighted by molar-refractivity contribution is 5.48. The summed E-state index contributed by atoms with van der Waals surface area (Å²) in [5.41, 5.74) is 1.12. The molecule has 0 spiro atoms. The van der Waals surface area contributed by atoms with Gasteiger partial charge in [-0.15, -0.1) is 0 Å². The molecule has 1 heterocycles. The first kappa shape index (κ1) is 15.7. The van der Waals surface area contributed by atoms with E-state index in [1.54, 1.807) is 0 Å². The van der Waals surface area contributed by atoms with Crippen molar-refractivity contribution in [2.24, 2.45) is 0 Å². The zero-order chi connectivity index (χ0) is 14.3. The SMILES string of the molecule is CCCNc1ncc(C)c(N(C)CCCN(C)C)n1. The molecule has 1 aromatic heterocycles. The lowest BCUT2D eigenvalue weighted by Gasteiger charge is -2.21. The summed E-state index contributed by atoms with van der Waals surface area (Å²) in [7, 11) is 6.29. The van der Waals surface area contributed by atoms with E-state index in [1.165, 1.54) is 0 Å². The molecule has 1 aromatic rings. The van der Waals surface area contributed by atoms with Crippen LogP contribution in [0, 0.1) is 6.92 Å². The summed E-state index contributed by atoms with van der Waals surface area (Å²) in [6, 6.07) is 0. The maximum atomic E-state index is 4.60. The molecule has 0 saturated carbocycles. The van der Waals surface area contributed by atoms with Gasteiger partial charge in [-0.1, -0.05) is 6.92 Å². The molecule has 5 nitrogen and oxygen atoms in total. The first-order chi connectivity index (χ1) is 9.04. The van der Waals surface area contributed by atoms with Crippen LogP contribution in [0.25, 0.3) is 0 Å². The number of hydrogen-bond acceptors (Lipinski definition) is 5. The number of rotatable bonds is 8. The van der Waals surface area contributed by atoms with Crippen LogP contribution in [0.2, 0.25) is 0 Å². The summed E-state index contributed by atoms with van der Waals surface area (Å²) in [4.78, 5) is 13.3. The van der Waals surface area contributed by atoms with Crippen LogP contribution in [-0.4, -0.2) is 55.6 Å². The third-order valence-electron chi connectivity index (χ3n) is 2.94.